The molecule has 5 nitrogen and oxygen atoms in total. The van der Waals surface area contributed by atoms with Crippen molar-refractivity contribution in [3.63, 3.8) is 0 Å². The minimum Gasteiger partial charge on any atom is -0.450 e. The van der Waals surface area contributed by atoms with Gasteiger partial charge in [-0.25, -0.2) is 13.2 Å². The standard InChI is InChI=1S/C28H37F3O5/c1-5-6-7-8-23(35)36-28(22(34)15-29)16(2)13-19-17-9-10-18-24(30)20(32)11-12-25(18,3)27(17,31)21(33)14-26(19,28)4/h11-12,16-17,19,21,33H,5-10,13-15H2,1-4H3/t16-,17-,19-,21-,25-,26-,27-,28+/m0/s1. The number of unbranched alkanes of at least 4 members (excludes halogenated alkanes) is 2. The van der Waals surface area contributed by atoms with Crippen molar-refractivity contribution >= 4 is 17.5 Å². The van der Waals surface area contributed by atoms with Crippen LogP contribution in [0.4, 0.5) is 13.2 Å². The van der Waals surface area contributed by atoms with E-state index >= 15 is 4.39 Å². The summed E-state index contributed by atoms with van der Waals surface area (Å²) >= 11 is 0. The number of allylic oxidation sites excluding steroid dienone is 4. The van der Waals surface area contributed by atoms with Gasteiger partial charge < -0.3 is 9.84 Å². The van der Waals surface area contributed by atoms with E-state index in [1.807, 2.05) is 6.92 Å². The van der Waals surface area contributed by atoms with Crippen molar-refractivity contribution in [2.24, 2.45) is 28.6 Å². The molecule has 0 spiro atoms. The lowest BCUT2D eigenvalue weighted by atomic mass is 9.44. The Bertz CT molecular complexity index is 1020. The third kappa shape index (κ3) is 3.35. The van der Waals surface area contributed by atoms with Crippen LogP contribution in [-0.4, -0.2) is 46.7 Å². The second-order valence-corrected chi connectivity index (χ2v) is 11.7. The van der Waals surface area contributed by atoms with Gasteiger partial charge in [0, 0.05) is 29.1 Å². The summed E-state index contributed by atoms with van der Waals surface area (Å²) in [5.41, 5.74) is -6.82. The Morgan fingerprint density at radius 1 is 1.22 bits per heavy atom. The molecule has 0 bridgehead atoms. The molecule has 8 heteroatoms. The largest absolute Gasteiger partial charge is 0.450 e. The maximum Gasteiger partial charge on any atom is 0.306 e. The molecule has 0 unspecified atom stereocenters. The molecule has 0 aromatic carbocycles. The molecule has 36 heavy (non-hydrogen) atoms. The molecule has 0 heterocycles. The summed E-state index contributed by atoms with van der Waals surface area (Å²) in [6, 6.07) is 0. The molecular weight excluding hydrogens is 473 g/mol. The molecule has 4 rings (SSSR count). The fourth-order valence-corrected chi connectivity index (χ4v) is 8.33. The normalized spacial score (nSPS) is 43.6. The second kappa shape index (κ2) is 9.10. The van der Waals surface area contributed by atoms with Crippen LogP contribution in [0.3, 0.4) is 0 Å². The number of fused-ring (bicyclic) bond motifs is 5. The Hall–Kier alpha value is -1.96. The number of Topliss-reactive ketones (excluding diaryl/α,β-unsaturated/α-hetero) is 1. The number of aliphatic hydroxyl groups excluding tert-OH is 1. The molecule has 0 saturated heterocycles. The first-order chi connectivity index (χ1) is 16.8. The number of carbonyl (C=O) groups is 3. The zero-order chi connectivity index (χ0) is 26.7. The van der Waals surface area contributed by atoms with E-state index < -0.39 is 76.0 Å². The molecule has 3 saturated carbocycles. The van der Waals surface area contributed by atoms with Crippen molar-refractivity contribution in [1.82, 2.24) is 0 Å². The van der Waals surface area contributed by atoms with Gasteiger partial charge in [0.15, 0.2) is 23.8 Å². The fourth-order valence-electron chi connectivity index (χ4n) is 8.33. The van der Waals surface area contributed by atoms with Gasteiger partial charge in [-0.15, -0.1) is 0 Å². The van der Waals surface area contributed by atoms with Crippen LogP contribution in [0.25, 0.3) is 0 Å². The number of hydrogen-bond acceptors (Lipinski definition) is 5. The Morgan fingerprint density at radius 2 is 1.92 bits per heavy atom. The van der Waals surface area contributed by atoms with Gasteiger partial charge in [-0.3, -0.25) is 14.4 Å². The lowest BCUT2D eigenvalue weighted by Gasteiger charge is -2.62. The molecule has 4 aliphatic carbocycles. The minimum absolute atomic E-state index is 0.0518. The van der Waals surface area contributed by atoms with E-state index in [0.717, 1.165) is 18.9 Å². The highest BCUT2D eigenvalue weighted by atomic mass is 19.1. The first-order valence-electron chi connectivity index (χ1n) is 13.2. The molecule has 1 N–H and O–H groups in total. The van der Waals surface area contributed by atoms with Crippen LogP contribution in [0.2, 0.25) is 0 Å². The predicted octanol–water partition coefficient (Wildman–Crippen LogP) is 5.30. The van der Waals surface area contributed by atoms with E-state index in [1.165, 1.54) is 13.0 Å². The molecule has 3 fully saturated rings. The monoisotopic (exact) mass is 510 g/mol. The predicted molar refractivity (Wildman–Crippen MR) is 127 cm³/mol. The molecule has 0 radical (unpaired) electrons. The Balaban J connectivity index is 1.78. The van der Waals surface area contributed by atoms with E-state index in [4.69, 9.17) is 4.74 Å². The molecule has 4 aliphatic rings. The Labute approximate surface area is 210 Å². The highest BCUT2D eigenvalue weighted by molar-refractivity contribution is 6.04. The van der Waals surface area contributed by atoms with E-state index in [-0.39, 0.29) is 31.3 Å². The van der Waals surface area contributed by atoms with Gasteiger partial charge in [0.2, 0.25) is 11.6 Å². The lowest BCUT2D eigenvalue weighted by Crippen LogP contribution is -2.70. The van der Waals surface area contributed by atoms with Crippen LogP contribution in [-0.2, 0) is 19.1 Å². The van der Waals surface area contributed by atoms with Gasteiger partial charge in [-0.2, -0.15) is 0 Å². The number of ether oxygens (including phenoxy) is 1. The Kier molecular flexibility index (Phi) is 6.85. The number of esters is 1. The van der Waals surface area contributed by atoms with Gasteiger partial charge in [0.05, 0.1) is 6.10 Å². The van der Waals surface area contributed by atoms with E-state index in [0.29, 0.717) is 12.8 Å². The molecule has 200 valence electrons. The first-order valence-corrected chi connectivity index (χ1v) is 13.2. The average molecular weight is 511 g/mol. The maximum atomic E-state index is 17.3. The van der Waals surface area contributed by atoms with Crippen LogP contribution in [0.1, 0.15) is 79.1 Å². The topological polar surface area (TPSA) is 80.7 Å². The summed E-state index contributed by atoms with van der Waals surface area (Å²) in [7, 11) is 0. The number of carbonyl (C=O) groups excluding carboxylic acids is 3. The third-order valence-electron chi connectivity index (χ3n) is 10.1. The van der Waals surface area contributed by atoms with Crippen LogP contribution in [0.15, 0.2) is 23.6 Å². The molecule has 0 aliphatic heterocycles. The number of halogens is 3. The van der Waals surface area contributed by atoms with E-state index in [9.17, 15) is 28.3 Å². The van der Waals surface area contributed by atoms with Crippen molar-refractivity contribution in [3.8, 4) is 0 Å². The highest BCUT2D eigenvalue weighted by Crippen LogP contribution is 2.71. The molecule has 0 aromatic rings. The number of aliphatic hydroxyl groups is 1. The first kappa shape index (κ1) is 27.1. The third-order valence-corrected chi connectivity index (χ3v) is 10.1. The SMILES string of the molecule is CCCCCC(=O)O[C@@]1(C(=O)CF)[C@@H](C)C[C@H]2[C@@H]3CCC4=C(F)C(=O)C=C[C@]4(C)[C@@]3(F)[C@@H](O)C[C@@]21C. The highest BCUT2D eigenvalue weighted by Gasteiger charge is 2.77. The van der Waals surface area contributed by atoms with Crippen LogP contribution < -0.4 is 0 Å². The second-order valence-electron chi connectivity index (χ2n) is 11.7. The number of rotatable bonds is 7. The Morgan fingerprint density at radius 3 is 2.56 bits per heavy atom. The number of ketones is 2. The van der Waals surface area contributed by atoms with Gasteiger partial charge in [-0.05, 0) is 56.6 Å². The number of alkyl halides is 2. The van der Waals surface area contributed by atoms with Gasteiger partial charge in [0.25, 0.3) is 0 Å². The minimum atomic E-state index is -2.31. The van der Waals surface area contributed by atoms with Crippen molar-refractivity contribution in [3.05, 3.63) is 23.6 Å². The van der Waals surface area contributed by atoms with Gasteiger partial charge in [-0.1, -0.05) is 39.7 Å². The van der Waals surface area contributed by atoms with Crippen LogP contribution >= 0.6 is 0 Å². The van der Waals surface area contributed by atoms with Crippen molar-refractivity contribution in [2.45, 2.75) is 96.4 Å². The van der Waals surface area contributed by atoms with Crippen molar-refractivity contribution in [1.29, 1.82) is 0 Å². The zero-order valence-corrected chi connectivity index (χ0v) is 21.5. The number of hydrogen-bond donors (Lipinski definition) is 1. The van der Waals surface area contributed by atoms with Crippen LogP contribution in [0.5, 0.6) is 0 Å². The van der Waals surface area contributed by atoms with E-state index in [1.54, 1.807) is 13.8 Å². The van der Waals surface area contributed by atoms with Gasteiger partial charge in [0.1, 0.15) is 0 Å². The summed E-state index contributed by atoms with van der Waals surface area (Å²) in [6.45, 7) is 5.58. The zero-order valence-electron chi connectivity index (χ0n) is 21.5. The molecular formula is C28H37F3O5. The van der Waals surface area contributed by atoms with Crippen molar-refractivity contribution in [2.75, 3.05) is 6.67 Å². The summed E-state index contributed by atoms with van der Waals surface area (Å²) < 4.78 is 52.1. The molecule has 0 aromatic heterocycles. The molecule has 8 atom stereocenters. The summed E-state index contributed by atoms with van der Waals surface area (Å²) in [6.07, 6.45) is 3.43. The quantitative estimate of drug-likeness (QED) is 0.371. The maximum absolute atomic E-state index is 17.3. The average Bonchev–Trinajstić information content (AvgIpc) is 3.04. The smallest absolute Gasteiger partial charge is 0.306 e. The summed E-state index contributed by atoms with van der Waals surface area (Å²) in [5, 5.41) is 11.4. The summed E-state index contributed by atoms with van der Waals surface area (Å²) in [4.78, 5) is 38.1. The van der Waals surface area contributed by atoms with E-state index in [2.05, 4.69) is 0 Å². The summed E-state index contributed by atoms with van der Waals surface area (Å²) in [5.74, 6) is -5.16. The lowest BCUT2D eigenvalue weighted by molar-refractivity contribution is -0.228. The van der Waals surface area contributed by atoms with Crippen LogP contribution in [0, 0.1) is 28.6 Å². The molecule has 0 amide bonds. The van der Waals surface area contributed by atoms with Gasteiger partial charge >= 0.3 is 5.97 Å². The van der Waals surface area contributed by atoms with Crippen molar-refractivity contribution < 1.29 is 37.4 Å². The fraction of sp³-hybridized carbons (Fsp3) is 0.750.